The monoisotopic (exact) mass is 198 g/mol. The van der Waals surface area contributed by atoms with Crippen molar-refractivity contribution in [3.05, 3.63) is 0 Å². The first-order valence-corrected chi connectivity index (χ1v) is 6.00. The SMILES string of the molecule is COC1CCCC(O)C12CCCCC2. The molecule has 0 aromatic heterocycles. The number of hydrogen-bond acceptors (Lipinski definition) is 2. The molecule has 2 rings (SSSR count). The number of aliphatic hydroxyl groups is 1. The predicted molar refractivity (Wildman–Crippen MR) is 56.2 cm³/mol. The molecule has 0 bridgehead atoms. The van der Waals surface area contributed by atoms with Gasteiger partial charge in [-0.2, -0.15) is 0 Å². The summed E-state index contributed by atoms with van der Waals surface area (Å²) in [6.45, 7) is 0. The van der Waals surface area contributed by atoms with Crippen LogP contribution in [0.3, 0.4) is 0 Å². The lowest BCUT2D eigenvalue weighted by molar-refractivity contribution is -0.133. The first kappa shape index (κ1) is 10.4. The minimum Gasteiger partial charge on any atom is -0.392 e. The third-order valence-electron chi connectivity index (χ3n) is 4.32. The molecule has 0 amide bonds. The van der Waals surface area contributed by atoms with Crippen molar-refractivity contribution in [2.45, 2.75) is 63.6 Å². The molecule has 2 saturated carbocycles. The predicted octanol–water partition coefficient (Wildman–Crippen LogP) is 2.50. The Bertz CT molecular complexity index is 185. The summed E-state index contributed by atoms with van der Waals surface area (Å²) >= 11 is 0. The Hall–Kier alpha value is -0.0800. The highest BCUT2D eigenvalue weighted by Gasteiger charge is 2.47. The van der Waals surface area contributed by atoms with E-state index in [9.17, 15) is 5.11 Å². The molecule has 2 aliphatic rings. The fraction of sp³-hybridized carbons (Fsp3) is 1.00. The molecule has 0 aliphatic heterocycles. The van der Waals surface area contributed by atoms with Gasteiger partial charge in [-0.1, -0.05) is 19.3 Å². The fourth-order valence-electron chi connectivity index (χ4n) is 3.50. The van der Waals surface area contributed by atoms with Crippen molar-refractivity contribution in [2.24, 2.45) is 5.41 Å². The van der Waals surface area contributed by atoms with E-state index in [1.165, 1.54) is 32.1 Å². The molecule has 0 radical (unpaired) electrons. The van der Waals surface area contributed by atoms with Gasteiger partial charge in [0.1, 0.15) is 0 Å². The van der Waals surface area contributed by atoms with Crippen LogP contribution in [0.5, 0.6) is 0 Å². The average Bonchev–Trinajstić information content (AvgIpc) is 2.24. The lowest BCUT2D eigenvalue weighted by Gasteiger charge is -2.49. The molecule has 2 aliphatic carbocycles. The molecule has 2 unspecified atom stereocenters. The van der Waals surface area contributed by atoms with Gasteiger partial charge in [-0.3, -0.25) is 0 Å². The summed E-state index contributed by atoms with van der Waals surface area (Å²) in [5, 5.41) is 10.2. The Morgan fingerprint density at radius 3 is 2.43 bits per heavy atom. The zero-order valence-electron chi connectivity index (χ0n) is 9.17. The Balaban J connectivity index is 2.15. The summed E-state index contributed by atoms with van der Waals surface area (Å²) in [6.07, 6.45) is 9.69. The topological polar surface area (TPSA) is 29.5 Å². The normalized spacial score (nSPS) is 37.3. The summed E-state index contributed by atoms with van der Waals surface area (Å²) in [7, 11) is 1.80. The van der Waals surface area contributed by atoms with Gasteiger partial charge in [-0.15, -0.1) is 0 Å². The first-order valence-electron chi connectivity index (χ1n) is 6.00. The van der Waals surface area contributed by atoms with E-state index < -0.39 is 0 Å². The number of rotatable bonds is 1. The second-order valence-electron chi connectivity index (χ2n) is 4.96. The minimum absolute atomic E-state index is 0.110. The largest absolute Gasteiger partial charge is 0.392 e. The van der Waals surface area contributed by atoms with E-state index in [1.54, 1.807) is 7.11 Å². The maximum atomic E-state index is 10.2. The van der Waals surface area contributed by atoms with Crippen LogP contribution < -0.4 is 0 Å². The summed E-state index contributed by atoms with van der Waals surface area (Å²) in [5.41, 5.74) is 0.116. The molecule has 2 heteroatoms. The van der Waals surface area contributed by atoms with Gasteiger partial charge in [0.15, 0.2) is 0 Å². The van der Waals surface area contributed by atoms with Crippen LogP contribution in [0.25, 0.3) is 0 Å². The van der Waals surface area contributed by atoms with E-state index in [2.05, 4.69) is 0 Å². The minimum atomic E-state index is -0.110. The zero-order valence-corrected chi connectivity index (χ0v) is 9.17. The van der Waals surface area contributed by atoms with Crippen LogP contribution in [-0.2, 0) is 4.74 Å². The maximum absolute atomic E-state index is 10.2. The second kappa shape index (κ2) is 4.19. The Morgan fingerprint density at radius 2 is 1.79 bits per heavy atom. The molecular formula is C12H22O2. The van der Waals surface area contributed by atoms with Crippen LogP contribution in [0.4, 0.5) is 0 Å². The quantitative estimate of drug-likeness (QED) is 0.701. The first-order chi connectivity index (χ1) is 6.79. The summed E-state index contributed by atoms with van der Waals surface area (Å²) in [6, 6.07) is 0. The van der Waals surface area contributed by atoms with Crippen molar-refractivity contribution in [2.75, 3.05) is 7.11 Å². The molecule has 2 atom stereocenters. The maximum Gasteiger partial charge on any atom is 0.0652 e. The fourth-order valence-corrected chi connectivity index (χ4v) is 3.50. The van der Waals surface area contributed by atoms with Crippen molar-refractivity contribution in [1.29, 1.82) is 0 Å². The van der Waals surface area contributed by atoms with E-state index in [1.807, 2.05) is 0 Å². The van der Waals surface area contributed by atoms with Crippen LogP contribution in [0.2, 0.25) is 0 Å². The van der Waals surface area contributed by atoms with Gasteiger partial charge in [0, 0.05) is 12.5 Å². The van der Waals surface area contributed by atoms with E-state index in [0.29, 0.717) is 6.10 Å². The number of ether oxygens (including phenoxy) is 1. The molecule has 0 heterocycles. The van der Waals surface area contributed by atoms with Crippen molar-refractivity contribution in [3.63, 3.8) is 0 Å². The lowest BCUT2D eigenvalue weighted by atomic mass is 9.62. The van der Waals surface area contributed by atoms with Gasteiger partial charge in [-0.25, -0.2) is 0 Å². The van der Waals surface area contributed by atoms with Gasteiger partial charge in [0.25, 0.3) is 0 Å². The highest BCUT2D eigenvalue weighted by Crippen LogP contribution is 2.48. The van der Waals surface area contributed by atoms with E-state index in [0.717, 1.165) is 19.3 Å². The van der Waals surface area contributed by atoms with Gasteiger partial charge in [0.2, 0.25) is 0 Å². The molecule has 2 fully saturated rings. The van der Waals surface area contributed by atoms with Gasteiger partial charge >= 0.3 is 0 Å². The van der Waals surface area contributed by atoms with E-state index in [4.69, 9.17) is 4.74 Å². The number of aliphatic hydroxyl groups excluding tert-OH is 1. The van der Waals surface area contributed by atoms with Crippen molar-refractivity contribution < 1.29 is 9.84 Å². The van der Waals surface area contributed by atoms with Gasteiger partial charge in [0.05, 0.1) is 12.2 Å². The number of hydrogen-bond donors (Lipinski definition) is 1. The third-order valence-corrected chi connectivity index (χ3v) is 4.32. The summed E-state index contributed by atoms with van der Waals surface area (Å²) < 4.78 is 5.59. The molecule has 82 valence electrons. The van der Waals surface area contributed by atoms with Crippen LogP contribution >= 0.6 is 0 Å². The molecule has 1 N–H and O–H groups in total. The highest BCUT2D eigenvalue weighted by molar-refractivity contribution is 4.98. The van der Waals surface area contributed by atoms with E-state index >= 15 is 0 Å². The zero-order chi connectivity index (χ0) is 10.0. The third kappa shape index (κ3) is 1.59. The number of methoxy groups -OCH3 is 1. The van der Waals surface area contributed by atoms with Crippen LogP contribution in [-0.4, -0.2) is 24.4 Å². The highest BCUT2D eigenvalue weighted by atomic mass is 16.5. The van der Waals surface area contributed by atoms with Gasteiger partial charge < -0.3 is 9.84 Å². The Labute approximate surface area is 86.6 Å². The van der Waals surface area contributed by atoms with Crippen molar-refractivity contribution >= 4 is 0 Å². The van der Waals surface area contributed by atoms with Crippen LogP contribution in [0.15, 0.2) is 0 Å². The second-order valence-corrected chi connectivity index (χ2v) is 4.96. The van der Waals surface area contributed by atoms with Crippen molar-refractivity contribution in [3.8, 4) is 0 Å². The van der Waals surface area contributed by atoms with E-state index in [-0.39, 0.29) is 11.5 Å². The molecule has 1 spiro atoms. The molecule has 2 nitrogen and oxygen atoms in total. The van der Waals surface area contributed by atoms with Crippen LogP contribution in [0, 0.1) is 5.41 Å². The molecular weight excluding hydrogens is 176 g/mol. The molecule has 0 aromatic rings. The average molecular weight is 198 g/mol. The standard InChI is InChI=1S/C12H22O2/c1-14-11-7-5-6-10(13)12(11)8-3-2-4-9-12/h10-11,13H,2-9H2,1H3. The molecule has 0 aromatic carbocycles. The smallest absolute Gasteiger partial charge is 0.0652 e. The molecule has 14 heavy (non-hydrogen) atoms. The Morgan fingerprint density at radius 1 is 1.07 bits per heavy atom. The van der Waals surface area contributed by atoms with Crippen molar-refractivity contribution in [1.82, 2.24) is 0 Å². The summed E-state index contributed by atoms with van der Waals surface area (Å²) in [5.74, 6) is 0. The Kier molecular flexibility index (Phi) is 3.13. The summed E-state index contributed by atoms with van der Waals surface area (Å²) in [4.78, 5) is 0. The van der Waals surface area contributed by atoms with Gasteiger partial charge in [-0.05, 0) is 32.1 Å². The van der Waals surface area contributed by atoms with Crippen LogP contribution in [0.1, 0.15) is 51.4 Å². The lowest BCUT2D eigenvalue weighted by Crippen LogP contribution is -2.50. The molecule has 0 saturated heterocycles.